The van der Waals surface area contributed by atoms with Gasteiger partial charge < -0.3 is 23.9 Å². The molecule has 0 fully saturated rings. The van der Waals surface area contributed by atoms with Crippen LogP contribution in [0.5, 0.6) is 11.8 Å². The molecule has 2 aromatic heterocycles. The van der Waals surface area contributed by atoms with Gasteiger partial charge in [0.2, 0.25) is 11.8 Å². The largest absolute Gasteiger partial charge is 0.474 e. The molecule has 3 rings (SSSR count). The Morgan fingerprint density at radius 3 is 2.58 bits per heavy atom. The molecule has 17 heteroatoms. The highest BCUT2D eigenvalue weighted by atomic mass is 35.5. The second-order valence-electron chi connectivity index (χ2n) is 8.13. The number of hydrogen-bond donors (Lipinski definition) is 2. The van der Waals surface area contributed by atoms with E-state index in [1.807, 2.05) is 0 Å². The first-order valence-electron chi connectivity index (χ1n) is 11.5. The standard InChI is InChI=1S/C23H25ClF3N5O7S/c1-37-7-8-38-20-14-31(15-29-20)13-18(39-21-19(24)9-17(10-28-21)23(25,26)27)11-30-40(35,36)32(22(33)34)12-16-5-3-2-4-6-16/h2-6,9-10,14-15,18,30H,7-8,11-13H2,1H3,(H,33,34). The van der Waals surface area contributed by atoms with Crippen LogP contribution in [0.25, 0.3) is 0 Å². The minimum Gasteiger partial charge on any atom is -0.474 e. The fourth-order valence-electron chi connectivity index (χ4n) is 3.23. The molecule has 3 aromatic rings. The Balaban J connectivity index is 1.80. The summed E-state index contributed by atoms with van der Waals surface area (Å²) in [5, 5.41) is 9.08. The summed E-state index contributed by atoms with van der Waals surface area (Å²) in [5.74, 6) is -0.170. The van der Waals surface area contributed by atoms with Gasteiger partial charge in [-0.3, -0.25) is 0 Å². The van der Waals surface area contributed by atoms with Crippen molar-refractivity contribution in [2.45, 2.75) is 25.4 Å². The predicted molar refractivity (Wildman–Crippen MR) is 135 cm³/mol. The van der Waals surface area contributed by atoms with Crippen LogP contribution in [-0.4, -0.2) is 71.4 Å². The third-order valence-corrected chi connectivity index (χ3v) is 6.81. The van der Waals surface area contributed by atoms with Crippen LogP contribution in [0.3, 0.4) is 0 Å². The quantitative estimate of drug-likeness (QED) is 0.263. The van der Waals surface area contributed by atoms with E-state index in [2.05, 4.69) is 14.7 Å². The minimum absolute atomic E-state index is 0.103. The fraction of sp³-hybridized carbons (Fsp3) is 0.348. The van der Waals surface area contributed by atoms with Crippen LogP contribution < -0.4 is 14.2 Å². The van der Waals surface area contributed by atoms with Crippen LogP contribution in [0.4, 0.5) is 18.0 Å². The lowest BCUT2D eigenvalue weighted by atomic mass is 10.2. The molecule has 0 saturated heterocycles. The van der Waals surface area contributed by atoms with E-state index in [0.717, 1.165) is 0 Å². The molecule has 0 bridgehead atoms. The van der Waals surface area contributed by atoms with Crippen molar-refractivity contribution in [3.8, 4) is 11.8 Å². The zero-order valence-electron chi connectivity index (χ0n) is 20.9. The lowest BCUT2D eigenvalue weighted by molar-refractivity contribution is -0.137. The zero-order chi connectivity index (χ0) is 29.3. The van der Waals surface area contributed by atoms with Crippen LogP contribution in [0.1, 0.15) is 11.1 Å². The molecule has 0 radical (unpaired) electrons. The third kappa shape index (κ3) is 8.97. The van der Waals surface area contributed by atoms with Crippen LogP contribution in [0, 0.1) is 0 Å². The monoisotopic (exact) mass is 607 g/mol. The number of methoxy groups -OCH3 is 1. The SMILES string of the molecule is COCCOc1cn(CC(CNS(=O)(=O)N(Cc2ccccc2)C(=O)O)Oc2ncc(C(F)(F)F)cc2Cl)cn1. The van der Waals surface area contributed by atoms with Gasteiger partial charge >= 0.3 is 22.5 Å². The van der Waals surface area contributed by atoms with Gasteiger partial charge in [-0.2, -0.15) is 30.6 Å². The Morgan fingerprint density at radius 1 is 1.23 bits per heavy atom. The summed E-state index contributed by atoms with van der Waals surface area (Å²) in [6.07, 6.45) is -4.21. The molecule has 0 saturated carbocycles. The van der Waals surface area contributed by atoms with Gasteiger partial charge in [0.15, 0.2) is 0 Å². The number of hydrogen-bond acceptors (Lipinski definition) is 8. The summed E-state index contributed by atoms with van der Waals surface area (Å²) in [4.78, 5) is 19.4. The number of halogens is 4. The molecule has 1 atom stereocenters. The average molecular weight is 608 g/mol. The molecule has 12 nitrogen and oxygen atoms in total. The van der Waals surface area contributed by atoms with Crippen molar-refractivity contribution in [1.29, 1.82) is 0 Å². The van der Waals surface area contributed by atoms with Gasteiger partial charge in [0.05, 0.1) is 44.3 Å². The Kier molecular flexibility index (Phi) is 10.6. The topological polar surface area (TPSA) is 145 Å². The number of rotatable bonds is 14. The highest BCUT2D eigenvalue weighted by molar-refractivity contribution is 7.87. The number of amides is 1. The van der Waals surface area contributed by atoms with E-state index in [1.165, 1.54) is 24.2 Å². The van der Waals surface area contributed by atoms with Crippen molar-refractivity contribution in [3.05, 3.63) is 71.3 Å². The maximum absolute atomic E-state index is 13.0. The van der Waals surface area contributed by atoms with Crippen molar-refractivity contribution in [3.63, 3.8) is 0 Å². The van der Waals surface area contributed by atoms with Gasteiger partial charge in [-0.05, 0) is 11.6 Å². The summed E-state index contributed by atoms with van der Waals surface area (Å²) in [6.45, 7) is -0.564. The summed E-state index contributed by atoms with van der Waals surface area (Å²) < 4.78 is 84.7. The predicted octanol–water partition coefficient (Wildman–Crippen LogP) is 3.44. The van der Waals surface area contributed by atoms with Crippen LogP contribution in [0.15, 0.2) is 55.1 Å². The minimum atomic E-state index is -4.70. The smallest absolute Gasteiger partial charge is 0.422 e. The number of pyridine rings is 1. The molecular formula is C23H25ClF3N5O7S. The summed E-state index contributed by atoms with van der Waals surface area (Å²) in [7, 11) is -3.11. The maximum Gasteiger partial charge on any atom is 0.422 e. The fourth-order valence-corrected chi connectivity index (χ4v) is 4.52. The average Bonchev–Trinajstić information content (AvgIpc) is 3.34. The van der Waals surface area contributed by atoms with E-state index in [9.17, 15) is 31.5 Å². The van der Waals surface area contributed by atoms with E-state index >= 15 is 0 Å². The lowest BCUT2D eigenvalue weighted by Gasteiger charge is -2.23. The highest BCUT2D eigenvalue weighted by Crippen LogP contribution is 2.33. The molecule has 2 heterocycles. The highest BCUT2D eigenvalue weighted by Gasteiger charge is 2.32. The molecule has 218 valence electrons. The van der Waals surface area contributed by atoms with E-state index in [4.69, 9.17) is 25.8 Å². The van der Waals surface area contributed by atoms with Crippen LogP contribution >= 0.6 is 11.6 Å². The lowest BCUT2D eigenvalue weighted by Crippen LogP contribution is -2.47. The van der Waals surface area contributed by atoms with Gasteiger partial charge in [-0.1, -0.05) is 41.9 Å². The molecule has 0 aliphatic rings. The number of aromatic nitrogens is 3. The second-order valence-corrected chi connectivity index (χ2v) is 10.2. The summed E-state index contributed by atoms with van der Waals surface area (Å²) in [6, 6.07) is 8.67. The molecule has 40 heavy (non-hydrogen) atoms. The molecular weight excluding hydrogens is 583 g/mol. The molecule has 0 aliphatic heterocycles. The molecule has 0 spiro atoms. The van der Waals surface area contributed by atoms with Gasteiger partial charge in [-0.15, -0.1) is 0 Å². The van der Waals surface area contributed by atoms with Crippen LogP contribution in [0.2, 0.25) is 5.02 Å². The summed E-state index contributed by atoms with van der Waals surface area (Å²) >= 11 is 5.97. The van der Waals surface area contributed by atoms with Crippen molar-refractivity contribution in [2.75, 3.05) is 26.9 Å². The first kappa shape index (κ1) is 30.9. The van der Waals surface area contributed by atoms with Gasteiger partial charge in [0.25, 0.3) is 0 Å². The van der Waals surface area contributed by atoms with Gasteiger partial charge in [0.1, 0.15) is 17.7 Å². The third-order valence-electron chi connectivity index (χ3n) is 5.14. The Bertz CT molecular complexity index is 1380. The molecule has 0 aliphatic carbocycles. The first-order valence-corrected chi connectivity index (χ1v) is 13.3. The van der Waals surface area contributed by atoms with Gasteiger partial charge in [0, 0.05) is 13.3 Å². The number of nitrogens with zero attached hydrogens (tertiary/aromatic N) is 4. The van der Waals surface area contributed by atoms with Crippen LogP contribution in [-0.2, 0) is 34.2 Å². The summed E-state index contributed by atoms with van der Waals surface area (Å²) in [5.41, 5.74) is -0.684. The van der Waals surface area contributed by atoms with E-state index < -0.39 is 58.1 Å². The molecule has 1 aromatic carbocycles. The van der Waals surface area contributed by atoms with Crippen molar-refractivity contribution in [1.82, 2.24) is 23.6 Å². The van der Waals surface area contributed by atoms with E-state index in [1.54, 1.807) is 30.3 Å². The van der Waals surface area contributed by atoms with Crippen molar-refractivity contribution >= 4 is 27.9 Å². The Hall–Kier alpha value is -3.60. The number of imidazole rings is 1. The van der Waals surface area contributed by atoms with Crippen molar-refractivity contribution in [2.24, 2.45) is 0 Å². The van der Waals surface area contributed by atoms with Gasteiger partial charge in [-0.25, -0.2) is 14.8 Å². The number of alkyl halides is 3. The Labute approximate surface area is 232 Å². The zero-order valence-corrected chi connectivity index (χ0v) is 22.5. The first-order chi connectivity index (χ1) is 18.9. The number of ether oxygens (including phenoxy) is 3. The van der Waals surface area contributed by atoms with E-state index in [0.29, 0.717) is 24.4 Å². The maximum atomic E-state index is 13.0. The molecule has 1 unspecified atom stereocenters. The van der Waals surface area contributed by atoms with Crippen molar-refractivity contribution < 1.29 is 45.7 Å². The number of carboxylic acid groups (broad SMARTS) is 1. The second kappa shape index (κ2) is 13.6. The van der Waals surface area contributed by atoms with E-state index in [-0.39, 0.29) is 23.3 Å². The molecule has 2 N–H and O–H groups in total. The number of nitrogens with one attached hydrogen (secondary N) is 1. The Morgan fingerprint density at radius 2 is 1.95 bits per heavy atom. The number of carbonyl (C=O) groups is 1. The number of benzene rings is 1. The molecule has 1 amide bonds. The normalized spacial score (nSPS) is 12.6.